The van der Waals surface area contributed by atoms with Crippen LogP contribution < -0.4 is 19.5 Å². The van der Waals surface area contributed by atoms with E-state index in [1.807, 2.05) is 0 Å². The van der Waals surface area contributed by atoms with Crippen LogP contribution in [0.2, 0.25) is 5.02 Å². The fourth-order valence-corrected chi connectivity index (χ4v) is 3.95. The van der Waals surface area contributed by atoms with Crippen molar-refractivity contribution in [3.8, 4) is 11.5 Å². The molecule has 0 aliphatic heterocycles. The van der Waals surface area contributed by atoms with E-state index < -0.39 is 15.9 Å². The maximum Gasteiger partial charge on any atom is 0.261 e. The predicted molar refractivity (Wildman–Crippen MR) is 116 cm³/mol. The third-order valence-corrected chi connectivity index (χ3v) is 5.87. The monoisotopic (exact) mass is 446 g/mol. The Balaban J connectivity index is 1.76. The molecule has 0 heterocycles. The fraction of sp³-hybridized carbons (Fsp3) is 0.0952. The van der Waals surface area contributed by atoms with Crippen LogP contribution in [0, 0.1) is 0 Å². The van der Waals surface area contributed by atoms with Crippen molar-refractivity contribution < 1.29 is 22.7 Å². The first-order valence-electron chi connectivity index (χ1n) is 8.74. The van der Waals surface area contributed by atoms with E-state index in [1.165, 1.54) is 44.6 Å². The molecule has 0 bridgehead atoms. The molecule has 0 aliphatic carbocycles. The van der Waals surface area contributed by atoms with Crippen LogP contribution in [0.3, 0.4) is 0 Å². The first kappa shape index (κ1) is 21.5. The minimum absolute atomic E-state index is 0.0688. The van der Waals surface area contributed by atoms with Gasteiger partial charge in [0.05, 0.1) is 35.4 Å². The van der Waals surface area contributed by atoms with Gasteiger partial charge in [-0.1, -0.05) is 17.7 Å². The molecule has 0 saturated heterocycles. The van der Waals surface area contributed by atoms with Crippen molar-refractivity contribution in [1.82, 2.24) is 0 Å². The van der Waals surface area contributed by atoms with Gasteiger partial charge in [0, 0.05) is 11.8 Å². The maximum atomic E-state index is 12.5. The van der Waals surface area contributed by atoms with E-state index in [1.54, 1.807) is 36.4 Å². The quantitative estimate of drug-likeness (QED) is 0.560. The smallest absolute Gasteiger partial charge is 0.261 e. The summed E-state index contributed by atoms with van der Waals surface area (Å²) in [6.07, 6.45) is 0. The zero-order chi connectivity index (χ0) is 21.7. The number of benzene rings is 3. The topological polar surface area (TPSA) is 93.7 Å². The molecular weight excluding hydrogens is 428 g/mol. The highest BCUT2D eigenvalue weighted by atomic mass is 35.5. The predicted octanol–water partition coefficient (Wildman–Crippen LogP) is 4.41. The van der Waals surface area contributed by atoms with E-state index in [-0.39, 0.29) is 21.2 Å². The van der Waals surface area contributed by atoms with Crippen molar-refractivity contribution in [1.29, 1.82) is 0 Å². The van der Waals surface area contributed by atoms with Gasteiger partial charge in [0.2, 0.25) is 0 Å². The van der Waals surface area contributed by atoms with E-state index in [9.17, 15) is 13.2 Å². The molecule has 2 N–H and O–H groups in total. The highest BCUT2D eigenvalue weighted by Crippen LogP contribution is 2.25. The summed E-state index contributed by atoms with van der Waals surface area (Å²) in [5, 5.41) is 2.83. The lowest BCUT2D eigenvalue weighted by Gasteiger charge is -2.11. The first-order valence-corrected chi connectivity index (χ1v) is 10.6. The number of rotatable bonds is 7. The maximum absolute atomic E-state index is 12.5. The van der Waals surface area contributed by atoms with Gasteiger partial charge in [-0.15, -0.1) is 0 Å². The van der Waals surface area contributed by atoms with Crippen LogP contribution in [0.5, 0.6) is 11.5 Å². The van der Waals surface area contributed by atoms with E-state index in [4.69, 9.17) is 21.1 Å². The SMILES string of the molecule is COc1ccc(S(=O)(=O)Nc2ccc(C(=O)Nc3cccc(OC)c3)c(Cl)c2)cc1. The van der Waals surface area contributed by atoms with Crippen LogP contribution in [0.25, 0.3) is 0 Å². The molecule has 3 aromatic carbocycles. The summed E-state index contributed by atoms with van der Waals surface area (Å²) in [5.74, 6) is 0.711. The summed E-state index contributed by atoms with van der Waals surface area (Å²) in [6.45, 7) is 0. The number of hydrogen-bond donors (Lipinski definition) is 2. The highest BCUT2D eigenvalue weighted by molar-refractivity contribution is 7.92. The largest absolute Gasteiger partial charge is 0.497 e. The molecule has 0 aliphatic rings. The third kappa shape index (κ3) is 5.03. The van der Waals surface area contributed by atoms with Crippen molar-refractivity contribution in [2.75, 3.05) is 24.3 Å². The molecule has 0 spiro atoms. The summed E-state index contributed by atoms with van der Waals surface area (Å²) < 4.78 is 37.7. The Kier molecular flexibility index (Phi) is 6.49. The van der Waals surface area contributed by atoms with Gasteiger partial charge in [-0.3, -0.25) is 9.52 Å². The second kappa shape index (κ2) is 9.06. The Labute approximate surface area is 179 Å². The number of hydrogen-bond acceptors (Lipinski definition) is 5. The second-order valence-corrected chi connectivity index (χ2v) is 8.25. The van der Waals surface area contributed by atoms with E-state index in [0.29, 0.717) is 17.2 Å². The van der Waals surface area contributed by atoms with Gasteiger partial charge in [-0.2, -0.15) is 0 Å². The number of sulfonamides is 1. The number of halogens is 1. The van der Waals surface area contributed by atoms with Crippen LogP contribution in [-0.4, -0.2) is 28.5 Å². The molecule has 0 radical (unpaired) electrons. The Hall–Kier alpha value is -3.23. The Morgan fingerprint density at radius 3 is 2.20 bits per heavy atom. The van der Waals surface area contributed by atoms with Gasteiger partial charge in [0.25, 0.3) is 15.9 Å². The second-order valence-electron chi connectivity index (χ2n) is 6.16. The summed E-state index contributed by atoms with van der Waals surface area (Å²) in [4.78, 5) is 12.6. The molecular formula is C21H19ClN2O5S. The van der Waals surface area contributed by atoms with Gasteiger partial charge in [-0.05, 0) is 54.6 Å². The third-order valence-electron chi connectivity index (χ3n) is 4.16. The standard InChI is InChI=1S/C21H19ClN2O5S/c1-28-16-7-9-18(10-8-16)30(26,27)24-15-6-11-19(20(22)13-15)21(25)23-14-4-3-5-17(12-14)29-2/h3-13,24H,1-2H3,(H,23,25). The lowest BCUT2D eigenvalue weighted by molar-refractivity contribution is 0.102. The molecule has 7 nitrogen and oxygen atoms in total. The molecule has 0 saturated carbocycles. The lowest BCUT2D eigenvalue weighted by atomic mass is 10.2. The van der Waals surface area contributed by atoms with Crippen LogP contribution in [0.4, 0.5) is 11.4 Å². The van der Waals surface area contributed by atoms with E-state index in [0.717, 1.165) is 0 Å². The number of ether oxygens (including phenoxy) is 2. The van der Waals surface area contributed by atoms with Crippen molar-refractivity contribution in [2.45, 2.75) is 4.90 Å². The average Bonchev–Trinajstić information content (AvgIpc) is 2.73. The number of anilines is 2. The Morgan fingerprint density at radius 1 is 0.867 bits per heavy atom. The molecule has 3 rings (SSSR count). The number of carbonyl (C=O) groups excluding carboxylic acids is 1. The number of methoxy groups -OCH3 is 2. The molecule has 0 aromatic heterocycles. The fourth-order valence-electron chi connectivity index (χ4n) is 2.63. The van der Waals surface area contributed by atoms with Crippen LogP contribution in [0.15, 0.2) is 71.6 Å². The van der Waals surface area contributed by atoms with Gasteiger partial charge in [-0.25, -0.2) is 8.42 Å². The molecule has 1 amide bonds. The molecule has 0 unspecified atom stereocenters. The minimum atomic E-state index is -3.82. The van der Waals surface area contributed by atoms with Crippen LogP contribution in [0.1, 0.15) is 10.4 Å². The zero-order valence-electron chi connectivity index (χ0n) is 16.2. The molecule has 30 heavy (non-hydrogen) atoms. The van der Waals surface area contributed by atoms with E-state index in [2.05, 4.69) is 10.0 Å². The van der Waals surface area contributed by atoms with Gasteiger partial charge in [0.15, 0.2) is 0 Å². The van der Waals surface area contributed by atoms with Crippen LogP contribution in [-0.2, 0) is 10.0 Å². The van der Waals surface area contributed by atoms with Gasteiger partial charge >= 0.3 is 0 Å². The number of carbonyl (C=O) groups is 1. The molecule has 3 aromatic rings. The summed E-state index contributed by atoms with van der Waals surface area (Å²) >= 11 is 6.23. The number of amides is 1. The first-order chi connectivity index (χ1) is 14.3. The minimum Gasteiger partial charge on any atom is -0.497 e. The summed E-state index contributed by atoms with van der Waals surface area (Å²) in [5.41, 5.74) is 0.973. The summed E-state index contributed by atoms with van der Waals surface area (Å²) in [6, 6.07) is 17.1. The zero-order valence-corrected chi connectivity index (χ0v) is 17.8. The molecule has 9 heteroatoms. The average molecular weight is 447 g/mol. The van der Waals surface area contributed by atoms with Crippen molar-refractivity contribution >= 4 is 38.9 Å². The van der Waals surface area contributed by atoms with E-state index >= 15 is 0 Å². The normalized spacial score (nSPS) is 10.9. The molecule has 0 atom stereocenters. The Bertz CT molecular complexity index is 1160. The van der Waals surface area contributed by atoms with Gasteiger partial charge < -0.3 is 14.8 Å². The van der Waals surface area contributed by atoms with Crippen LogP contribution >= 0.6 is 11.6 Å². The number of nitrogens with one attached hydrogen (secondary N) is 2. The van der Waals surface area contributed by atoms with Crippen molar-refractivity contribution in [3.63, 3.8) is 0 Å². The summed E-state index contributed by atoms with van der Waals surface area (Å²) in [7, 11) is -0.796. The highest BCUT2D eigenvalue weighted by Gasteiger charge is 2.17. The van der Waals surface area contributed by atoms with Gasteiger partial charge in [0.1, 0.15) is 11.5 Å². The van der Waals surface area contributed by atoms with Crippen molar-refractivity contribution in [2.24, 2.45) is 0 Å². The molecule has 0 fully saturated rings. The lowest BCUT2D eigenvalue weighted by Crippen LogP contribution is -2.15. The van der Waals surface area contributed by atoms with Crippen molar-refractivity contribution in [3.05, 3.63) is 77.3 Å². The molecule has 156 valence electrons. The Morgan fingerprint density at radius 2 is 1.57 bits per heavy atom.